The maximum Gasteiger partial charge on any atom is 0.339 e. The summed E-state index contributed by atoms with van der Waals surface area (Å²) >= 11 is 0. The van der Waals surface area contributed by atoms with E-state index in [1.165, 1.54) is 11.7 Å². The third-order valence-electron chi connectivity index (χ3n) is 2.83. The van der Waals surface area contributed by atoms with Gasteiger partial charge in [-0.25, -0.2) is 4.79 Å². The summed E-state index contributed by atoms with van der Waals surface area (Å²) in [5, 5.41) is 19.6. The predicted octanol–water partition coefficient (Wildman–Crippen LogP) is 0.265. The van der Waals surface area contributed by atoms with Crippen LogP contribution in [-0.4, -0.2) is 36.5 Å². The Morgan fingerprint density at radius 2 is 2.20 bits per heavy atom. The van der Waals surface area contributed by atoms with Crippen LogP contribution in [0.15, 0.2) is 18.5 Å². The molecule has 0 fully saturated rings. The molecule has 0 aromatic carbocycles. The van der Waals surface area contributed by atoms with Crippen LogP contribution in [0, 0.1) is 0 Å². The van der Waals surface area contributed by atoms with Gasteiger partial charge in [0.05, 0.1) is 18.4 Å². The Labute approximate surface area is 115 Å². The summed E-state index contributed by atoms with van der Waals surface area (Å²) in [6.45, 7) is 2.94. The molecule has 0 saturated carbocycles. The molecule has 2 aromatic heterocycles. The Morgan fingerprint density at radius 1 is 1.45 bits per heavy atom. The van der Waals surface area contributed by atoms with Crippen molar-refractivity contribution in [3.8, 4) is 0 Å². The fourth-order valence-corrected chi connectivity index (χ4v) is 1.79. The molecule has 0 bridgehead atoms. The van der Waals surface area contributed by atoms with Crippen LogP contribution in [0.4, 0.5) is 0 Å². The van der Waals surface area contributed by atoms with Crippen LogP contribution >= 0.6 is 0 Å². The minimum Gasteiger partial charge on any atom is -0.478 e. The van der Waals surface area contributed by atoms with Gasteiger partial charge in [0.1, 0.15) is 11.3 Å². The van der Waals surface area contributed by atoms with Gasteiger partial charge in [0, 0.05) is 19.8 Å². The minimum absolute atomic E-state index is 0.0208. The van der Waals surface area contributed by atoms with Crippen LogP contribution in [0.25, 0.3) is 0 Å². The molecule has 2 heterocycles. The van der Waals surface area contributed by atoms with E-state index in [0.717, 1.165) is 12.7 Å². The first kappa shape index (κ1) is 13.8. The van der Waals surface area contributed by atoms with Crippen molar-refractivity contribution >= 4 is 11.9 Å². The third-order valence-corrected chi connectivity index (χ3v) is 2.83. The molecule has 0 saturated heterocycles. The van der Waals surface area contributed by atoms with Crippen LogP contribution in [-0.2, 0) is 20.1 Å². The van der Waals surface area contributed by atoms with Crippen molar-refractivity contribution in [1.29, 1.82) is 0 Å². The van der Waals surface area contributed by atoms with Gasteiger partial charge in [-0.15, -0.1) is 0 Å². The summed E-state index contributed by atoms with van der Waals surface area (Å²) in [5.74, 6) is -1.67. The Morgan fingerprint density at radius 3 is 2.80 bits per heavy atom. The van der Waals surface area contributed by atoms with Crippen molar-refractivity contribution in [2.45, 2.75) is 20.0 Å². The second kappa shape index (κ2) is 5.55. The zero-order valence-corrected chi connectivity index (χ0v) is 11.2. The van der Waals surface area contributed by atoms with Gasteiger partial charge in [-0.2, -0.15) is 10.2 Å². The SMILES string of the molecule is CCn1ccc(CNC(=O)c2c(C(=O)O)cnn2C)n1. The number of aryl methyl sites for hydroxylation is 2. The number of amides is 1. The number of carboxylic acid groups (broad SMARTS) is 1. The highest BCUT2D eigenvalue weighted by atomic mass is 16.4. The number of carboxylic acids is 1. The Kier molecular flexibility index (Phi) is 3.83. The molecule has 0 aliphatic rings. The lowest BCUT2D eigenvalue weighted by molar-refractivity contribution is 0.0690. The van der Waals surface area contributed by atoms with Crippen LogP contribution in [0.1, 0.15) is 33.5 Å². The zero-order valence-electron chi connectivity index (χ0n) is 11.2. The average molecular weight is 277 g/mol. The summed E-state index contributed by atoms with van der Waals surface area (Å²) in [4.78, 5) is 23.0. The second-order valence-corrected chi connectivity index (χ2v) is 4.18. The first-order valence-electron chi connectivity index (χ1n) is 6.08. The summed E-state index contributed by atoms with van der Waals surface area (Å²) in [5.41, 5.74) is 0.607. The van der Waals surface area contributed by atoms with E-state index >= 15 is 0 Å². The van der Waals surface area contributed by atoms with Gasteiger partial charge in [-0.3, -0.25) is 14.2 Å². The number of carbonyl (C=O) groups excluding carboxylic acids is 1. The molecule has 0 radical (unpaired) electrons. The van der Waals surface area contributed by atoms with E-state index in [2.05, 4.69) is 15.5 Å². The zero-order chi connectivity index (χ0) is 14.7. The molecule has 8 heteroatoms. The van der Waals surface area contributed by atoms with Gasteiger partial charge in [-0.05, 0) is 13.0 Å². The lowest BCUT2D eigenvalue weighted by Gasteiger charge is -2.05. The van der Waals surface area contributed by atoms with Crippen molar-refractivity contribution in [1.82, 2.24) is 24.9 Å². The number of nitrogens with one attached hydrogen (secondary N) is 1. The quantitative estimate of drug-likeness (QED) is 0.816. The molecule has 20 heavy (non-hydrogen) atoms. The highest BCUT2D eigenvalue weighted by molar-refractivity contribution is 6.03. The first-order chi connectivity index (χ1) is 9.52. The van der Waals surface area contributed by atoms with Gasteiger partial charge in [0.25, 0.3) is 5.91 Å². The minimum atomic E-state index is -1.18. The molecule has 0 aliphatic carbocycles. The van der Waals surface area contributed by atoms with Crippen LogP contribution in [0.2, 0.25) is 0 Å². The van der Waals surface area contributed by atoms with E-state index < -0.39 is 11.9 Å². The van der Waals surface area contributed by atoms with Gasteiger partial charge in [0.2, 0.25) is 0 Å². The molecule has 2 rings (SSSR count). The highest BCUT2D eigenvalue weighted by Gasteiger charge is 2.21. The molecule has 0 atom stereocenters. The van der Waals surface area contributed by atoms with E-state index in [1.807, 2.05) is 13.1 Å². The van der Waals surface area contributed by atoms with Crippen LogP contribution in [0.3, 0.4) is 0 Å². The molecule has 0 aliphatic heterocycles. The topological polar surface area (TPSA) is 102 Å². The van der Waals surface area contributed by atoms with Crippen molar-refractivity contribution in [2.75, 3.05) is 0 Å². The molecule has 0 unspecified atom stereocenters. The third kappa shape index (κ3) is 2.68. The van der Waals surface area contributed by atoms with Gasteiger partial charge in [-0.1, -0.05) is 0 Å². The standard InChI is InChI=1S/C12H15N5O3/c1-3-17-5-4-8(15-17)6-13-11(18)10-9(12(19)20)7-14-16(10)2/h4-5,7H,3,6H2,1-2H3,(H,13,18)(H,19,20). The van der Waals surface area contributed by atoms with Crippen molar-refractivity contribution in [3.63, 3.8) is 0 Å². The Balaban J connectivity index is 2.09. The van der Waals surface area contributed by atoms with Crippen molar-refractivity contribution < 1.29 is 14.7 Å². The summed E-state index contributed by atoms with van der Waals surface area (Å²) in [6.07, 6.45) is 2.97. The number of hydrogen-bond donors (Lipinski definition) is 2. The van der Waals surface area contributed by atoms with Crippen LogP contribution in [0.5, 0.6) is 0 Å². The fraction of sp³-hybridized carbons (Fsp3) is 0.333. The molecule has 2 N–H and O–H groups in total. The predicted molar refractivity (Wildman–Crippen MR) is 69.2 cm³/mol. The van der Waals surface area contributed by atoms with E-state index in [9.17, 15) is 9.59 Å². The molecule has 8 nitrogen and oxygen atoms in total. The maximum absolute atomic E-state index is 12.0. The number of aromatic nitrogens is 4. The maximum atomic E-state index is 12.0. The first-order valence-corrected chi connectivity index (χ1v) is 6.08. The lowest BCUT2D eigenvalue weighted by Crippen LogP contribution is -2.27. The molecule has 2 aromatic rings. The lowest BCUT2D eigenvalue weighted by atomic mass is 10.2. The number of carbonyl (C=O) groups is 2. The average Bonchev–Trinajstić information content (AvgIpc) is 3.02. The summed E-state index contributed by atoms with van der Waals surface area (Å²) in [6, 6.07) is 1.80. The normalized spacial score (nSPS) is 10.5. The van der Waals surface area contributed by atoms with Crippen molar-refractivity contribution in [3.05, 3.63) is 35.4 Å². The summed E-state index contributed by atoms with van der Waals surface area (Å²) < 4.78 is 2.98. The van der Waals surface area contributed by atoms with Gasteiger partial charge < -0.3 is 10.4 Å². The van der Waals surface area contributed by atoms with Gasteiger partial charge in [0.15, 0.2) is 0 Å². The monoisotopic (exact) mass is 277 g/mol. The molecule has 0 spiro atoms. The Bertz CT molecular complexity index is 643. The Hall–Kier alpha value is -2.64. The largest absolute Gasteiger partial charge is 0.478 e. The van der Waals surface area contributed by atoms with Gasteiger partial charge >= 0.3 is 5.97 Å². The molecule has 106 valence electrons. The number of hydrogen-bond acceptors (Lipinski definition) is 4. The van der Waals surface area contributed by atoms with Crippen molar-refractivity contribution in [2.24, 2.45) is 7.05 Å². The highest BCUT2D eigenvalue weighted by Crippen LogP contribution is 2.07. The number of aromatic carboxylic acids is 1. The number of nitrogens with zero attached hydrogens (tertiary/aromatic N) is 4. The van der Waals surface area contributed by atoms with E-state index in [4.69, 9.17) is 5.11 Å². The smallest absolute Gasteiger partial charge is 0.339 e. The molecular formula is C12H15N5O3. The van der Waals surface area contributed by atoms with E-state index in [1.54, 1.807) is 10.7 Å². The second-order valence-electron chi connectivity index (χ2n) is 4.18. The molecule has 1 amide bonds. The van der Waals surface area contributed by atoms with E-state index in [0.29, 0.717) is 5.69 Å². The molecular weight excluding hydrogens is 262 g/mol. The summed E-state index contributed by atoms with van der Waals surface area (Å²) in [7, 11) is 1.52. The van der Waals surface area contributed by atoms with Crippen LogP contribution < -0.4 is 5.32 Å². The fourth-order valence-electron chi connectivity index (χ4n) is 1.79. The number of rotatable bonds is 5. The van der Waals surface area contributed by atoms with E-state index in [-0.39, 0.29) is 17.8 Å².